The molecule has 0 fully saturated rings. The van der Waals surface area contributed by atoms with E-state index in [0.717, 1.165) is 12.8 Å². The van der Waals surface area contributed by atoms with Gasteiger partial charge in [0, 0.05) is 17.5 Å². The van der Waals surface area contributed by atoms with Crippen molar-refractivity contribution < 1.29 is 14.7 Å². The van der Waals surface area contributed by atoms with Gasteiger partial charge in [0.05, 0.1) is 11.4 Å². The third-order valence-electron chi connectivity index (χ3n) is 4.16. The Bertz CT molecular complexity index is 518. The van der Waals surface area contributed by atoms with E-state index in [4.69, 9.17) is 5.11 Å². The molecule has 22 heavy (non-hydrogen) atoms. The minimum Gasteiger partial charge on any atom is -0.396 e. The highest BCUT2D eigenvalue weighted by atomic mass is 32.1. The van der Waals surface area contributed by atoms with Crippen LogP contribution in [0.5, 0.6) is 0 Å². The fraction of sp³-hybridized carbons (Fsp3) is 0.625. The lowest BCUT2D eigenvalue weighted by Gasteiger charge is -2.19. The maximum Gasteiger partial charge on any atom is 0.261 e. The van der Waals surface area contributed by atoms with Crippen LogP contribution >= 0.6 is 11.3 Å². The Morgan fingerprint density at radius 3 is 2.73 bits per heavy atom. The highest BCUT2D eigenvalue weighted by molar-refractivity contribution is 7.14. The van der Waals surface area contributed by atoms with Gasteiger partial charge in [-0.1, -0.05) is 6.92 Å². The maximum atomic E-state index is 12.1. The Morgan fingerprint density at radius 1 is 1.32 bits per heavy atom. The molecule has 2 amide bonds. The summed E-state index contributed by atoms with van der Waals surface area (Å²) in [7, 11) is 0. The summed E-state index contributed by atoms with van der Waals surface area (Å²) in [6, 6.07) is 1.84. The number of hydrogen-bond acceptors (Lipinski definition) is 4. The molecule has 0 aliphatic heterocycles. The SMILES string of the molecule is CC(CO)C(C)NC(=O)CNC(=O)c1cc2c(s1)CCCC2. The molecule has 0 aromatic carbocycles. The molecule has 2 atom stereocenters. The molecule has 3 N–H and O–H groups in total. The van der Waals surface area contributed by atoms with Gasteiger partial charge in [0.1, 0.15) is 0 Å². The van der Waals surface area contributed by atoms with E-state index in [1.165, 1.54) is 23.3 Å². The number of aryl methyl sites for hydroxylation is 2. The predicted molar refractivity (Wildman–Crippen MR) is 87.1 cm³/mol. The first kappa shape index (κ1) is 17.0. The van der Waals surface area contributed by atoms with Gasteiger partial charge < -0.3 is 15.7 Å². The van der Waals surface area contributed by atoms with E-state index >= 15 is 0 Å². The lowest BCUT2D eigenvalue weighted by Crippen LogP contribution is -2.43. The molecule has 0 spiro atoms. The molecule has 1 aromatic heterocycles. The summed E-state index contributed by atoms with van der Waals surface area (Å²) in [5, 5.41) is 14.5. The minimum atomic E-state index is -0.234. The Labute approximate surface area is 135 Å². The van der Waals surface area contributed by atoms with Gasteiger partial charge >= 0.3 is 0 Å². The monoisotopic (exact) mass is 324 g/mol. The van der Waals surface area contributed by atoms with Crippen LogP contribution in [-0.2, 0) is 17.6 Å². The number of amides is 2. The molecule has 1 aliphatic carbocycles. The van der Waals surface area contributed by atoms with E-state index < -0.39 is 0 Å². The highest BCUT2D eigenvalue weighted by Gasteiger charge is 2.18. The number of aliphatic hydroxyl groups is 1. The molecule has 1 aromatic rings. The molecule has 122 valence electrons. The molecule has 5 nitrogen and oxygen atoms in total. The number of carbonyl (C=O) groups is 2. The summed E-state index contributed by atoms with van der Waals surface area (Å²) in [5.41, 5.74) is 1.29. The largest absolute Gasteiger partial charge is 0.396 e. The van der Waals surface area contributed by atoms with Crippen molar-refractivity contribution in [3.05, 3.63) is 21.4 Å². The molecule has 0 bridgehead atoms. The van der Waals surface area contributed by atoms with Crippen LogP contribution in [-0.4, -0.2) is 36.1 Å². The lowest BCUT2D eigenvalue weighted by molar-refractivity contribution is -0.121. The fourth-order valence-electron chi connectivity index (χ4n) is 2.46. The zero-order valence-corrected chi connectivity index (χ0v) is 14.0. The lowest BCUT2D eigenvalue weighted by atomic mass is 9.99. The summed E-state index contributed by atoms with van der Waals surface area (Å²) in [6.45, 7) is 3.69. The summed E-state index contributed by atoms with van der Waals surface area (Å²) in [6.07, 6.45) is 4.49. The normalized spacial score (nSPS) is 16.5. The smallest absolute Gasteiger partial charge is 0.261 e. The Kier molecular flexibility index (Phi) is 5.97. The molecule has 0 radical (unpaired) electrons. The third-order valence-corrected chi connectivity index (χ3v) is 5.40. The van der Waals surface area contributed by atoms with Crippen molar-refractivity contribution in [3.8, 4) is 0 Å². The van der Waals surface area contributed by atoms with E-state index in [1.54, 1.807) is 11.3 Å². The van der Waals surface area contributed by atoms with Crippen molar-refractivity contribution in [1.29, 1.82) is 0 Å². The van der Waals surface area contributed by atoms with E-state index in [1.807, 2.05) is 19.9 Å². The minimum absolute atomic E-state index is 0.0105. The zero-order chi connectivity index (χ0) is 16.1. The standard InChI is InChI=1S/C16H24N2O3S/c1-10(9-19)11(2)18-15(20)8-17-16(21)14-7-12-5-3-4-6-13(12)22-14/h7,10-11,19H,3-6,8-9H2,1-2H3,(H,17,21)(H,18,20). The molecule has 2 unspecified atom stereocenters. The second kappa shape index (κ2) is 7.74. The molecular weight excluding hydrogens is 300 g/mol. The van der Waals surface area contributed by atoms with Crippen molar-refractivity contribution in [2.75, 3.05) is 13.2 Å². The average Bonchev–Trinajstić information content (AvgIpc) is 2.95. The molecular formula is C16H24N2O3S. The fourth-order valence-corrected chi connectivity index (χ4v) is 3.63. The number of fused-ring (bicyclic) bond motifs is 1. The first-order valence-corrected chi connectivity index (χ1v) is 8.63. The van der Waals surface area contributed by atoms with E-state index in [2.05, 4.69) is 10.6 Å². The van der Waals surface area contributed by atoms with Crippen molar-refractivity contribution in [2.45, 2.75) is 45.6 Å². The maximum absolute atomic E-state index is 12.1. The van der Waals surface area contributed by atoms with E-state index in [9.17, 15) is 9.59 Å². The van der Waals surface area contributed by atoms with E-state index in [0.29, 0.717) is 4.88 Å². The number of aliphatic hydroxyl groups excluding tert-OH is 1. The summed E-state index contributed by atoms with van der Waals surface area (Å²) >= 11 is 1.54. The van der Waals surface area contributed by atoms with Crippen LogP contribution in [0.15, 0.2) is 6.07 Å². The Morgan fingerprint density at radius 2 is 2.05 bits per heavy atom. The molecule has 2 rings (SSSR count). The van der Waals surface area contributed by atoms with Gasteiger partial charge in [-0.3, -0.25) is 9.59 Å². The summed E-state index contributed by atoms with van der Waals surface area (Å²) in [5.74, 6) is -0.427. The van der Waals surface area contributed by atoms with Crippen molar-refractivity contribution >= 4 is 23.2 Å². The number of carbonyl (C=O) groups excluding carboxylic acids is 2. The van der Waals surface area contributed by atoms with Crippen LogP contribution in [0.1, 0.15) is 46.8 Å². The molecule has 1 heterocycles. The van der Waals surface area contributed by atoms with Crippen molar-refractivity contribution in [2.24, 2.45) is 5.92 Å². The first-order chi connectivity index (χ1) is 10.5. The second-order valence-corrected chi connectivity index (χ2v) is 7.10. The Hall–Kier alpha value is -1.40. The van der Waals surface area contributed by atoms with Crippen molar-refractivity contribution in [1.82, 2.24) is 10.6 Å². The quantitative estimate of drug-likeness (QED) is 0.742. The number of rotatable bonds is 6. The van der Waals surface area contributed by atoms with Crippen molar-refractivity contribution in [3.63, 3.8) is 0 Å². The van der Waals surface area contributed by atoms with Gasteiger partial charge in [0.15, 0.2) is 0 Å². The molecule has 0 saturated carbocycles. The molecule has 6 heteroatoms. The van der Waals surface area contributed by atoms with Crippen LogP contribution in [0.4, 0.5) is 0 Å². The predicted octanol–water partition coefficient (Wildman–Crippen LogP) is 1.49. The number of thiophene rings is 1. The van der Waals surface area contributed by atoms with Gasteiger partial charge in [-0.25, -0.2) is 0 Å². The van der Waals surface area contributed by atoms with Gasteiger partial charge in [0.2, 0.25) is 5.91 Å². The van der Waals surface area contributed by atoms with Crippen LogP contribution in [0, 0.1) is 5.92 Å². The summed E-state index contributed by atoms with van der Waals surface area (Å²) < 4.78 is 0. The third kappa shape index (κ3) is 4.30. The molecule has 1 aliphatic rings. The number of nitrogens with one attached hydrogen (secondary N) is 2. The van der Waals surface area contributed by atoms with Gasteiger partial charge in [0.25, 0.3) is 5.91 Å². The summed E-state index contributed by atoms with van der Waals surface area (Å²) in [4.78, 5) is 25.9. The van der Waals surface area contributed by atoms with Crippen LogP contribution in [0.25, 0.3) is 0 Å². The first-order valence-electron chi connectivity index (χ1n) is 7.81. The van der Waals surface area contributed by atoms with Crippen LogP contribution in [0.2, 0.25) is 0 Å². The highest BCUT2D eigenvalue weighted by Crippen LogP contribution is 2.29. The Balaban J connectivity index is 1.82. The topological polar surface area (TPSA) is 78.4 Å². The van der Waals surface area contributed by atoms with E-state index in [-0.39, 0.29) is 36.9 Å². The van der Waals surface area contributed by atoms with Gasteiger partial charge in [-0.15, -0.1) is 11.3 Å². The average molecular weight is 324 g/mol. The van der Waals surface area contributed by atoms with Crippen LogP contribution < -0.4 is 10.6 Å². The number of hydrogen-bond donors (Lipinski definition) is 3. The van der Waals surface area contributed by atoms with Crippen LogP contribution in [0.3, 0.4) is 0 Å². The molecule has 0 saturated heterocycles. The van der Waals surface area contributed by atoms with Gasteiger partial charge in [-0.2, -0.15) is 0 Å². The second-order valence-electron chi connectivity index (χ2n) is 5.96. The van der Waals surface area contributed by atoms with Gasteiger partial charge in [-0.05, 0) is 50.2 Å². The zero-order valence-electron chi connectivity index (χ0n) is 13.1.